The first-order valence-corrected chi connectivity index (χ1v) is 7.60. The van der Waals surface area contributed by atoms with Crippen LogP contribution in [0.15, 0.2) is 48.5 Å². The quantitative estimate of drug-likeness (QED) is 0.530. The normalized spacial score (nSPS) is 13.1. The number of ether oxygens (including phenoxy) is 2. The first-order valence-electron chi connectivity index (χ1n) is 7.60. The minimum Gasteiger partial charge on any atom is -0.504 e. The van der Waals surface area contributed by atoms with E-state index in [4.69, 9.17) is 15.2 Å². The Morgan fingerprint density at radius 1 is 1.12 bits per heavy atom. The summed E-state index contributed by atoms with van der Waals surface area (Å²) < 4.78 is 10.8. The van der Waals surface area contributed by atoms with Crippen molar-refractivity contribution < 1.29 is 24.5 Å². The molecule has 6 nitrogen and oxygen atoms in total. The van der Waals surface area contributed by atoms with Gasteiger partial charge in [-0.3, -0.25) is 4.79 Å². The predicted octanol–water partition coefficient (Wildman–Crippen LogP) is 1.98. The fraction of sp³-hybridized carbons (Fsp3) is 0.278. The first-order chi connectivity index (χ1) is 11.5. The first kappa shape index (κ1) is 17.6. The highest BCUT2D eigenvalue weighted by Gasteiger charge is 2.18. The second-order valence-electron chi connectivity index (χ2n) is 5.51. The number of benzene rings is 2. The standard InChI is InChI=1S/C18H21NO5/c1-12(24-14-5-3-2-4-6-14)11-23-18(22)15(19)9-13-7-8-16(20)17(21)10-13/h2-8,10,12,15,20-21H,9,11,19H2,1H3/t12-,15-/m0/s1. The SMILES string of the molecule is C[C@@H](COC(=O)[C@@H](N)Cc1ccc(O)c(O)c1)Oc1ccccc1. The van der Waals surface area contributed by atoms with Crippen LogP contribution in [0.4, 0.5) is 0 Å². The number of hydrogen-bond acceptors (Lipinski definition) is 6. The maximum atomic E-state index is 11.9. The molecule has 0 radical (unpaired) electrons. The molecule has 2 atom stereocenters. The van der Waals surface area contributed by atoms with Gasteiger partial charge in [0.15, 0.2) is 11.5 Å². The van der Waals surface area contributed by atoms with E-state index in [2.05, 4.69) is 0 Å². The Labute approximate surface area is 140 Å². The van der Waals surface area contributed by atoms with E-state index >= 15 is 0 Å². The van der Waals surface area contributed by atoms with Crippen molar-refractivity contribution in [3.05, 3.63) is 54.1 Å². The van der Waals surface area contributed by atoms with Gasteiger partial charge in [-0.25, -0.2) is 0 Å². The molecule has 0 spiro atoms. The average Bonchev–Trinajstić information content (AvgIpc) is 2.57. The van der Waals surface area contributed by atoms with Crippen LogP contribution >= 0.6 is 0 Å². The molecule has 0 saturated heterocycles. The predicted molar refractivity (Wildman–Crippen MR) is 88.9 cm³/mol. The van der Waals surface area contributed by atoms with Crippen LogP contribution in [-0.2, 0) is 16.0 Å². The van der Waals surface area contributed by atoms with Crippen LogP contribution in [0.2, 0.25) is 0 Å². The molecule has 24 heavy (non-hydrogen) atoms. The number of hydrogen-bond donors (Lipinski definition) is 3. The molecule has 0 aromatic heterocycles. The number of esters is 1. The third-order valence-electron chi connectivity index (χ3n) is 3.34. The van der Waals surface area contributed by atoms with Crippen molar-refractivity contribution in [2.45, 2.75) is 25.5 Å². The second kappa shape index (κ2) is 8.21. The molecule has 128 valence electrons. The number of carbonyl (C=O) groups excluding carboxylic acids is 1. The topological polar surface area (TPSA) is 102 Å². The average molecular weight is 331 g/mol. The van der Waals surface area contributed by atoms with Crippen LogP contribution in [0.25, 0.3) is 0 Å². The number of rotatable bonds is 7. The lowest BCUT2D eigenvalue weighted by molar-refractivity contribution is -0.147. The minimum absolute atomic E-state index is 0.0856. The number of para-hydroxylation sites is 1. The zero-order valence-corrected chi connectivity index (χ0v) is 13.4. The number of phenolic OH excluding ortho intramolecular Hbond substituents is 2. The highest BCUT2D eigenvalue weighted by Crippen LogP contribution is 2.25. The monoisotopic (exact) mass is 331 g/mol. The van der Waals surface area contributed by atoms with E-state index in [9.17, 15) is 15.0 Å². The van der Waals surface area contributed by atoms with Gasteiger partial charge >= 0.3 is 5.97 Å². The third kappa shape index (κ3) is 5.17. The van der Waals surface area contributed by atoms with Gasteiger partial charge in [-0.2, -0.15) is 0 Å². The Morgan fingerprint density at radius 2 is 1.83 bits per heavy atom. The van der Waals surface area contributed by atoms with Crippen LogP contribution < -0.4 is 10.5 Å². The Morgan fingerprint density at radius 3 is 2.50 bits per heavy atom. The Hall–Kier alpha value is -2.73. The fourth-order valence-corrected chi connectivity index (χ4v) is 2.11. The van der Waals surface area contributed by atoms with Crippen LogP contribution in [0.5, 0.6) is 17.2 Å². The molecule has 2 aromatic carbocycles. The number of phenols is 2. The van der Waals surface area contributed by atoms with Crippen LogP contribution in [0, 0.1) is 0 Å². The molecule has 4 N–H and O–H groups in total. The van der Waals surface area contributed by atoms with Gasteiger partial charge in [0.25, 0.3) is 0 Å². The molecule has 0 heterocycles. The molecule has 0 aliphatic heterocycles. The van der Waals surface area contributed by atoms with Gasteiger partial charge in [0.05, 0.1) is 0 Å². The van der Waals surface area contributed by atoms with Crippen molar-refractivity contribution in [3.8, 4) is 17.2 Å². The summed E-state index contributed by atoms with van der Waals surface area (Å²) in [5, 5.41) is 18.7. The summed E-state index contributed by atoms with van der Waals surface area (Å²) in [5.41, 5.74) is 6.44. The molecular weight excluding hydrogens is 310 g/mol. The molecule has 0 aliphatic rings. The largest absolute Gasteiger partial charge is 0.504 e. The third-order valence-corrected chi connectivity index (χ3v) is 3.34. The van der Waals surface area contributed by atoms with Crippen LogP contribution in [0.1, 0.15) is 12.5 Å². The highest BCUT2D eigenvalue weighted by atomic mass is 16.6. The highest BCUT2D eigenvalue weighted by molar-refractivity contribution is 5.76. The van der Waals surface area contributed by atoms with Crippen molar-refractivity contribution in [2.75, 3.05) is 6.61 Å². The maximum Gasteiger partial charge on any atom is 0.323 e. The molecule has 2 rings (SSSR count). The van der Waals surface area contributed by atoms with Gasteiger partial charge in [0.2, 0.25) is 0 Å². The number of aromatic hydroxyl groups is 2. The Bertz CT molecular complexity index is 674. The molecule has 0 unspecified atom stereocenters. The number of nitrogens with two attached hydrogens (primary N) is 1. The van der Waals surface area contributed by atoms with Crippen molar-refractivity contribution in [1.82, 2.24) is 0 Å². The van der Waals surface area contributed by atoms with E-state index in [0.29, 0.717) is 11.3 Å². The van der Waals surface area contributed by atoms with Gasteiger partial charge in [0.1, 0.15) is 24.5 Å². The van der Waals surface area contributed by atoms with Crippen molar-refractivity contribution >= 4 is 5.97 Å². The molecule has 2 aromatic rings. The summed E-state index contributed by atoms with van der Waals surface area (Å²) in [4.78, 5) is 11.9. The van der Waals surface area contributed by atoms with Gasteiger partial charge in [-0.1, -0.05) is 24.3 Å². The Kier molecular flexibility index (Phi) is 6.03. The lowest BCUT2D eigenvalue weighted by Gasteiger charge is -2.17. The van der Waals surface area contributed by atoms with E-state index in [1.54, 1.807) is 13.0 Å². The summed E-state index contributed by atoms with van der Waals surface area (Å²) in [6, 6.07) is 12.7. The van der Waals surface area contributed by atoms with E-state index in [-0.39, 0.29) is 30.6 Å². The second-order valence-corrected chi connectivity index (χ2v) is 5.51. The molecule has 0 fully saturated rings. The minimum atomic E-state index is -0.863. The lowest BCUT2D eigenvalue weighted by Crippen LogP contribution is -2.36. The summed E-state index contributed by atoms with van der Waals surface area (Å²) in [6.45, 7) is 1.88. The smallest absolute Gasteiger partial charge is 0.323 e. The molecule has 0 saturated carbocycles. The zero-order chi connectivity index (χ0) is 17.5. The molecule has 0 bridgehead atoms. The van der Waals surface area contributed by atoms with Crippen LogP contribution in [0.3, 0.4) is 0 Å². The van der Waals surface area contributed by atoms with E-state index in [1.807, 2.05) is 30.3 Å². The van der Waals surface area contributed by atoms with E-state index in [0.717, 1.165) is 0 Å². The van der Waals surface area contributed by atoms with Gasteiger partial charge in [0, 0.05) is 0 Å². The van der Waals surface area contributed by atoms with Gasteiger partial charge in [-0.15, -0.1) is 0 Å². The summed E-state index contributed by atoms with van der Waals surface area (Å²) >= 11 is 0. The summed E-state index contributed by atoms with van der Waals surface area (Å²) in [6.07, 6.45) is -0.109. The molecule has 6 heteroatoms. The molecule has 0 amide bonds. The van der Waals surface area contributed by atoms with E-state index < -0.39 is 12.0 Å². The fourth-order valence-electron chi connectivity index (χ4n) is 2.11. The van der Waals surface area contributed by atoms with Gasteiger partial charge in [-0.05, 0) is 43.2 Å². The lowest BCUT2D eigenvalue weighted by atomic mass is 10.1. The maximum absolute atomic E-state index is 11.9. The number of carbonyl (C=O) groups is 1. The van der Waals surface area contributed by atoms with Crippen molar-refractivity contribution in [1.29, 1.82) is 0 Å². The summed E-state index contributed by atoms with van der Waals surface area (Å²) in [7, 11) is 0. The molecular formula is C18H21NO5. The van der Waals surface area contributed by atoms with E-state index in [1.165, 1.54) is 12.1 Å². The van der Waals surface area contributed by atoms with Crippen LogP contribution in [-0.4, -0.2) is 34.9 Å². The van der Waals surface area contributed by atoms with Crippen molar-refractivity contribution in [3.63, 3.8) is 0 Å². The molecule has 0 aliphatic carbocycles. The zero-order valence-electron chi connectivity index (χ0n) is 13.4. The Balaban J connectivity index is 1.79. The van der Waals surface area contributed by atoms with Gasteiger partial charge < -0.3 is 25.4 Å². The summed E-state index contributed by atoms with van der Waals surface area (Å²) in [5.74, 6) is -0.323. The van der Waals surface area contributed by atoms with Crippen molar-refractivity contribution in [2.24, 2.45) is 5.73 Å².